The van der Waals surface area contributed by atoms with Crippen molar-refractivity contribution in [1.82, 2.24) is 20.7 Å². The number of hydrogen-bond donors (Lipinski definition) is 2. The highest BCUT2D eigenvalue weighted by Crippen LogP contribution is 2.03. The summed E-state index contributed by atoms with van der Waals surface area (Å²) in [7, 11) is 0. The molecule has 1 amide bonds. The topological polar surface area (TPSA) is 118 Å². The van der Waals surface area contributed by atoms with Gasteiger partial charge in [-0.05, 0) is 12.1 Å². The van der Waals surface area contributed by atoms with Crippen molar-refractivity contribution in [3.63, 3.8) is 0 Å². The Labute approximate surface area is 101 Å². The molecule has 0 fully saturated rings. The van der Waals surface area contributed by atoms with Crippen LogP contribution >= 0.6 is 0 Å². The van der Waals surface area contributed by atoms with Gasteiger partial charge in [0.2, 0.25) is 5.76 Å². The van der Waals surface area contributed by atoms with E-state index >= 15 is 0 Å². The van der Waals surface area contributed by atoms with E-state index in [1.54, 1.807) is 12.1 Å². The van der Waals surface area contributed by atoms with Crippen LogP contribution in [0.15, 0.2) is 28.9 Å². The number of carboxylic acids is 1. The molecule has 0 saturated heterocycles. The summed E-state index contributed by atoms with van der Waals surface area (Å²) in [4.78, 5) is 22.1. The Balaban J connectivity index is 1.97. The second kappa shape index (κ2) is 5.04. The molecule has 92 valence electrons. The van der Waals surface area contributed by atoms with Crippen LogP contribution in [0.4, 0.5) is 0 Å². The van der Waals surface area contributed by atoms with Crippen LogP contribution < -0.4 is 5.32 Å². The maximum Gasteiger partial charge on any atom is 0.374 e. The van der Waals surface area contributed by atoms with Gasteiger partial charge in [-0.2, -0.15) is 10.2 Å². The fraction of sp³-hybridized carbons (Fsp3) is 0.100. The maximum absolute atomic E-state index is 11.6. The molecule has 2 rings (SSSR count). The summed E-state index contributed by atoms with van der Waals surface area (Å²) in [6.45, 7) is 0.169. The zero-order chi connectivity index (χ0) is 13.0. The molecule has 8 heteroatoms. The zero-order valence-corrected chi connectivity index (χ0v) is 9.03. The van der Waals surface area contributed by atoms with Crippen LogP contribution in [-0.2, 0) is 6.54 Å². The smallest absolute Gasteiger partial charge is 0.374 e. The van der Waals surface area contributed by atoms with Crippen LogP contribution in [0, 0.1) is 0 Å². The maximum atomic E-state index is 11.6. The van der Waals surface area contributed by atoms with E-state index in [1.165, 1.54) is 6.20 Å². The minimum Gasteiger partial charge on any atom is -0.475 e. The van der Waals surface area contributed by atoms with Gasteiger partial charge in [0.15, 0.2) is 5.69 Å². The molecule has 0 aliphatic carbocycles. The molecule has 0 atom stereocenters. The Hall–Kier alpha value is -2.77. The highest BCUT2D eigenvalue weighted by molar-refractivity contribution is 5.94. The van der Waals surface area contributed by atoms with Crippen LogP contribution in [0.2, 0.25) is 0 Å². The summed E-state index contributed by atoms with van der Waals surface area (Å²) in [5.41, 5.74) is 0.476. The first kappa shape index (κ1) is 11.7. The monoisotopic (exact) mass is 248 g/mol. The average Bonchev–Trinajstić information content (AvgIpc) is 2.87. The average molecular weight is 248 g/mol. The van der Waals surface area contributed by atoms with Gasteiger partial charge in [-0.15, -0.1) is 0 Å². The lowest BCUT2D eigenvalue weighted by atomic mass is 10.3. The quantitative estimate of drug-likeness (QED) is 0.787. The van der Waals surface area contributed by atoms with Crippen molar-refractivity contribution in [1.29, 1.82) is 0 Å². The summed E-state index contributed by atoms with van der Waals surface area (Å²) >= 11 is 0. The molecular formula is C10H8N4O4. The molecule has 0 unspecified atom stereocenters. The van der Waals surface area contributed by atoms with Crippen LogP contribution in [0.1, 0.15) is 26.7 Å². The van der Waals surface area contributed by atoms with Crippen molar-refractivity contribution >= 4 is 11.9 Å². The van der Waals surface area contributed by atoms with E-state index in [0.717, 1.165) is 6.07 Å². The molecule has 8 nitrogen and oxygen atoms in total. The van der Waals surface area contributed by atoms with Gasteiger partial charge < -0.3 is 14.9 Å². The number of aromatic nitrogens is 3. The van der Waals surface area contributed by atoms with Gasteiger partial charge in [-0.1, -0.05) is 5.16 Å². The number of nitrogens with one attached hydrogen (secondary N) is 1. The van der Waals surface area contributed by atoms with E-state index in [4.69, 9.17) is 5.11 Å². The Morgan fingerprint density at radius 3 is 2.89 bits per heavy atom. The largest absolute Gasteiger partial charge is 0.475 e. The molecule has 0 radical (unpaired) electrons. The molecule has 2 heterocycles. The molecule has 18 heavy (non-hydrogen) atoms. The van der Waals surface area contributed by atoms with Crippen molar-refractivity contribution in [2.45, 2.75) is 6.54 Å². The fourth-order valence-electron chi connectivity index (χ4n) is 1.17. The van der Waals surface area contributed by atoms with Gasteiger partial charge in [0.05, 0.1) is 12.2 Å². The number of amides is 1. The summed E-state index contributed by atoms with van der Waals surface area (Å²) in [6.07, 6.45) is 1.52. The van der Waals surface area contributed by atoms with Crippen LogP contribution in [0.5, 0.6) is 0 Å². The minimum atomic E-state index is -1.28. The highest BCUT2D eigenvalue weighted by Gasteiger charge is 2.16. The van der Waals surface area contributed by atoms with Crippen molar-refractivity contribution < 1.29 is 19.2 Å². The van der Waals surface area contributed by atoms with Crippen molar-refractivity contribution in [2.75, 3.05) is 0 Å². The van der Waals surface area contributed by atoms with Gasteiger partial charge >= 0.3 is 5.97 Å². The van der Waals surface area contributed by atoms with Gasteiger partial charge in [-0.25, -0.2) is 4.79 Å². The molecule has 0 aliphatic heterocycles. The number of aromatic carboxylic acids is 1. The fourth-order valence-corrected chi connectivity index (χ4v) is 1.17. The Bertz CT molecular complexity index is 566. The first-order valence-corrected chi connectivity index (χ1v) is 4.91. The molecule has 0 spiro atoms. The lowest BCUT2D eigenvalue weighted by Crippen LogP contribution is -2.23. The Kier molecular flexibility index (Phi) is 3.28. The lowest BCUT2D eigenvalue weighted by molar-refractivity contribution is 0.0651. The van der Waals surface area contributed by atoms with Crippen molar-refractivity contribution in [3.05, 3.63) is 41.5 Å². The van der Waals surface area contributed by atoms with Gasteiger partial charge in [0.25, 0.3) is 5.91 Å². The molecule has 0 aromatic carbocycles. The summed E-state index contributed by atoms with van der Waals surface area (Å²) in [5.74, 6) is -2.22. The van der Waals surface area contributed by atoms with Crippen LogP contribution in [0.25, 0.3) is 0 Å². The molecule has 0 saturated carbocycles. The SMILES string of the molecule is O=C(NCc1cccnn1)c1cc(C(=O)O)on1. The molecule has 2 N–H and O–H groups in total. The van der Waals surface area contributed by atoms with E-state index in [1.807, 2.05) is 0 Å². The minimum absolute atomic E-state index is 0.101. The normalized spacial score (nSPS) is 10.0. The van der Waals surface area contributed by atoms with E-state index in [0.29, 0.717) is 5.69 Å². The van der Waals surface area contributed by atoms with E-state index < -0.39 is 11.9 Å². The second-order valence-corrected chi connectivity index (χ2v) is 3.28. The standard InChI is InChI=1S/C10H8N4O4/c15-9(7-4-8(10(16)17)18-14-7)11-5-6-2-1-3-12-13-6/h1-4H,5H2,(H,11,15)(H,16,17). The van der Waals surface area contributed by atoms with E-state index in [2.05, 4.69) is 25.2 Å². The summed E-state index contributed by atoms with van der Waals surface area (Å²) < 4.78 is 4.46. The van der Waals surface area contributed by atoms with E-state index in [9.17, 15) is 9.59 Å². The Morgan fingerprint density at radius 2 is 2.28 bits per heavy atom. The molecule has 2 aromatic rings. The molecule has 2 aromatic heterocycles. The third-order valence-electron chi connectivity index (χ3n) is 2.01. The van der Waals surface area contributed by atoms with Crippen LogP contribution in [0.3, 0.4) is 0 Å². The third-order valence-corrected chi connectivity index (χ3v) is 2.01. The Morgan fingerprint density at radius 1 is 1.44 bits per heavy atom. The van der Waals surface area contributed by atoms with Crippen LogP contribution in [-0.4, -0.2) is 32.3 Å². The molecular weight excluding hydrogens is 240 g/mol. The predicted octanol–water partition coefficient (Wildman–Crippen LogP) is 0.0928. The number of carboxylic acid groups (broad SMARTS) is 1. The molecule has 0 bridgehead atoms. The first-order valence-electron chi connectivity index (χ1n) is 4.91. The second-order valence-electron chi connectivity index (χ2n) is 3.28. The first-order chi connectivity index (χ1) is 8.66. The number of hydrogen-bond acceptors (Lipinski definition) is 6. The predicted molar refractivity (Wildman–Crippen MR) is 56.7 cm³/mol. The highest BCUT2D eigenvalue weighted by atomic mass is 16.5. The molecule has 0 aliphatic rings. The zero-order valence-electron chi connectivity index (χ0n) is 9.03. The van der Waals surface area contributed by atoms with Gasteiger partial charge in [0, 0.05) is 12.3 Å². The number of nitrogens with zero attached hydrogens (tertiary/aromatic N) is 3. The third kappa shape index (κ3) is 2.67. The number of carbonyl (C=O) groups is 2. The number of rotatable bonds is 4. The lowest BCUT2D eigenvalue weighted by Gasteiger charge is -2.00. The number of carbonyl (C=O) groups excluding carboxylic acids is 1. The van der Waals surface area contributed by atoms with E-state index in [-0.39, 0.29) is 18.0 Å². The van der Waals surface area contributed by atoms with Crippen molar-refractivity contribution in [3.8, 4) is 0 Å². The van der Waals surface area contributed by atoms with Crippen molar-refractivity contribution in [2.24, 2.45) is 0 Å². The van der Waals surface area contributed by atoms with Gasteiger partial charge in [0.1, 0.15) is 0 Å². The summed E-state index contributed by atoms with van der Waals surface area (Å²) in [5, 5.41) is 21.9. The summed E-state index contributed by atoms with van der Waals surface area (Å²) in [6, 6.07) is 4.43. The van der Waals surface area contributed by atoms with Gasteiger partial charge in [-0.3, -0.25) is 4.79 Å².